The molecular weight excluding hydrogens is 314 g/mol. The summed E-state index contributed by atoms with van der Waals surface area (Å²) >= 11 is 0. The molecule has 0 saturated carbocycles. The lowest BCUT2D eigenvalue weighted by Crippen LogP contribution is -2.53. The van der Waals surface area contributed by atoms with Crippen molar-refractivity contribution in [2.24, 2.45) is 11.3 Å². The maximum absolute atomic E-state index is 11.6. The van der Waals surface area contributed by atoms with Gasteiger partial charge in [-0.05, 0) is 50.4 Å². The number of rotatable bonds is 5. The number of hydrogen-bond acceptors (Lipinski definition) is 4. The Morgan fingerprint density at radius 2 is 2.08 bits per heavy atom. The van der Waals surface area contributed by atoms with E-state index in [9.17, 15) is 4.79 Å². The van der Waals surface area contributed by atoms with Crippen LogP contribution in [0, 0.1) is 11.3 Å². The number of likely N-dealkylation sites (tertiary alicyclic amines) is 1. The zero-order valence-corrected chi connectivity index (χ0v) is 16.2. The van der Waals surface area contributed by atoms with E-state index < -0.39 is 0 Å². The van der Waals surface area contributed by atoms with Crippen LogP contribution in [0.2, 0.25) is 0 Å². The molecule has 0 amide bonds. The van der Waals surface area contributed by atoms with Gasteiger partial charge < -0.3 is 9.47 Å². The molecule has 3 rings (SSSR count). The lowest BCUT2D eigenvalue weighted by Gasteiger charge is -2.46. The van der Waals surface area contributed by atoms with Crippen LogP contribution in [0.1, 0.15) is 63.4 Å². The molecule has 4 nitrogen and oxygen atoms in total. The second-order valence-corrected chi connectivity index (χ2v) is 8.71. The van der Waals surface area contributed by atoms with Crippen molar-refractivity contribution in [1.82, 2.24) is 4.90 Å². The van der Waals surface area contributed by atoms with Gasteiger partial charge in [-0.25, -0.2) is 4.79 Å². The van der Waals surface area contributed by atoms with Gasteiger partial charge in [0.15, 0.2) is 0 Å². The number of benzene rings is 1. The third-order valence-electron chi connectivity index (χ3n) is 5.68. The Labute approximate surface area is 151 Å². The van der Waals surface area contributed by atoms with Gasteiger partial charge in [0.1, 0.15) is 18.5 Å². The summed E-state index contributed by atoms with van der Waals surface area (Å²) in [6.45, 7) is 13.9. The first kappa shape index (κ1) is 18.2. The normalized spacial score (nSPS) is 24.1. The number of ether oxygens (including phenoxy) is 2. The Balaban J connectivity index is 1.71. The van der Waals surface area contributed by atoms with Crippen LogP contribution in [0.3, 0.4) is 0 Å². The van der Waals surface area contributed by atoms with E-state index in [1.54, 1.807) is 0 Å². The van der Waals surface area contributed by atoms with Crippen molar-refractivity contribution in [2.75, 3.05) is 13.1 Å². The standard InChI is InChI=1S/C21H31NO3/c1-14(2)10-15(3)22-9-8-21(4,5)19(12-22)25-17-6-7-18-16(11-17)13-24-20(18)23/h6-7,11,14-15,19H,8-10,12-13H2,1-5H3. The molecule has 1 fully saturated rings. The second-order valence-electron chi connectivity index (χ2n) is 8.71. The number of carbonyl (C=O) groups excluding carboxylic acids is 1. The fourth-order valence-electron chi connectivity index (χ4n) is 3.92. The van der Waals surface area contributed by atoms with Crippen molar-refractivity contribution >= 4 is 5.97 Å². The summed E-state index contributed by atoms with van der Waals surface area (Å²) in [6, 6.07) is 6.27. The molecule has 0 aromatic heterocycles. The summed E-state index contributed by atoms with van der Waals surface area (Å²) in [5.74, 6) is 1.32. The summed E-state index contributed by atoms with van der Waals surface area (Å²) in [5, 5.41) is 0. The monoisotopic (exact) mass is 345 g/mol. The van der Waals surface area contributed by atoms with Gasteiger partial charge in [-0.1, -0.05) is 27.7 Å². The summed E-state index contributed by atoms with van der Waals surface area (Å²) in [4.78, 5) is 14.2. The fraction of sp³-hybridized carbons (Fsp3) is 0.667. The molecule has 0 aliphatic carbocycles. The fourth-order valence-corrected chi connectivity index (χ4v) is 3.92. The highest BCUT2D eigenvalue weighted by atomic mass is 16.5. The van der Waals surface area contributed by atoms with E-state index in [1.807, 2.05) is 18.2 Å². The van der Waals surface area contributed by atoms with Gasteiger partial charge in [-0.2, -0.15) is 0 Å². The van der Waals surface area contributed by atoms with Crippen LogP contribution >= 0.6 is 0 Å². The van der Waals surface area contributed by atoms with Crippen LogP contribution in [0.5, 0.6) is 5.75 Å². The first-order chi connectivity index (χ1) is 11.8. The zero-order chi connectivity index (χ0) is 18.2. The third-order valence-corrected chi connectivity index (χ3v) is 5.68. The van der Waals surface area contributed by atoms with E-state index in [0.717, 1.165) is 30.8 Å². The van der Waals surface area contributed by atoms with Crippen molar-refractivity contribution in [3.05, 3.63) is 29.3 Å². The molecule has 2 aliphatic rings. The van der Waals surface area contributed by atoms with E-state index in [1.165, 1.54) is 6.42 Å². The highest BCUT2D eigenvalue weighted by molar-refractivity contribution is 5.93. The Morgan fingerprint density at radius 3 is 2.80 bits per heavy atom. The number of hydrogen-bond donors (Lipinski definition) is 0. The number of piperidine rings is 1. The average Bonchev–Trinajstić information content (AvgIpc) is 2.89. The molecule has 0 spiro atoms. The summed E-state index contributed by atoms with van der Waals surface area (Å²) in [7, 11) is 0. The molecule has 0 N–H and O–H groups in total. The summed E-state index contributed by atoms with van der Waals surface area (Å²) < 4.78 is 11.5. The van der Waals surface area contributed by atoms with Crippen LogP contribution in [0.4, 0.5) is 0 Å². The van der Waals surface area contributed by atoms with Crippen molar-refractivity contribution in [1.29, 1.82) is 0 Å². The number of esters is 1. The molecule has 4 heteroatoms. The highest BCUT2D eigenvalue weighted by Crippen LogP contribution is 2.35. The van der Waals surface area contributed by atoms with Crippen molar-refractivity contribution in [2.45, 2.75) is 66.2 Å². The van der Waals surface area contributed by atoms with Gasteiger partial charge in [0.05, 0.1) is 5.56 Å². The Bertz CT molecular complexity index is 638. The van der Waals surface area contributed by atoms with Crippen LogP contribution < -0.4 is 4.74 Å². The van der Waals surface area contributed by atoms with Crippen LogP contribution in [0.15, 0.2) is 18.2 Å². The minimum atomic E-state index is -0.228. The molecule has 2 heterocycles. The first-order valence-corrected chi connectivity index (χ1v) is 9.47. The number of nitrogens with zero attached hydrogens (tertiary/aromatic N) is 1. The molecule has 2 atom stereocenters. The Kier molecular flexibility index (Phi) is 5.10. The van der Waals surface area contributed by atoms with Crippen molar-refractivity contribution in [3.8, 4) is 5.75 Å². The predicted molar refractivity (Wildman–Crippen MR) is 98.9 cm³/mol. The van der Waals surface area contributed by atoms with E-state index in [2.05, 4.69) is 39.5 Å². The quantitative estimate of drug-likeness (QED) is 0.747. The topological polar surface area (TPSA) is 38.8 Å². The predicted octanol–water partition coefficient (Wildman–Crippen LogP) is 4.27. The van der Waals surface area contributed by atoms with Crippen LogP contribution in [-0.2, 0) is 11.3 Å². The minimum absolute atomic E-state index is 0.138. The summed E-state index contributed by atoms with van der Waals surface area (Å²) in [5.41, 5.74) is 1.74. The van der Waals surface area contributed by atoms with E-state index in [4.69, 9.17) is 9.47 Å². The van der Waals surface area contributed by atoms with E-state index in [0.29, 0.717) is 24.1 Å². The number of cyclic esters (lactones) is 1. The van der Waals surface area contributed by atoms with Gasteiger partial charge in [0.2, 0.25) is 0 Å². The second kappa shape index (κ2) is 6.99. The first-order valence-electron chi connectivity index (χ1n) is 9.47. The number of carbonyl (C=O) groups is 1. The molecule has 2 unspecified atom stereocenters. The maximum atomic E-state index is 11.6. The molecule has 1 saturated heterocycles. The van der Waals surface area contributed by atoms with Crippen molar-refractivity contribution in [3.63, 3.8) is 0 Å². The molecule has 1 aromatic rings. The minimum Gasteiger partial charge on any atom is -0.489 e. The maximum Gasteiger partial charge on any atom is 0.338 e. The molecule has 0 radical (unpaired) electrons. The Hall–Kier alpha value is -1.55. The van der Waals surface area contributed by atoms with Gasteiger partial charge >= 0.3 is 5.97 Å². The van der Waals surface area contributed by atoms with Gasteiger partial charge in [0.25, 0.3) is 0 Å². The lowest BCUT2D eigenvalue weighted by atomic mass is 9.79. The lowest BCUT2D eigenvalue weighted by molar-refractivity contribution is -0.0239. The number of fused-ring (bicyclic) bond motifs is 1. The smallest absolute Gasteiger partial charge is 0.338 e. The zero-order valence-electron chi connectivity index (χ0n) is 16.2. The molecule has 0 bridgehead atoms. The van der Waals surface area contributed by atoms with Crippen LogP contribution in [-0.4, -0.2) is 36.1 Å². The Morgan fingerprint density at radius 1 is 1.32 bits per heavy atom. The van der Waals surface area contributed by atoms with Crippen LogP contribution in [0.25, 0.3) is 0 Å². The molecule has 1 aromatic carbocycles. The van der Waals surface area contributed by atoms with Gasteiger partial charge in [-0.15, -0.1) is 0 Å². The van der Waals surface area contributed by atoms with Gasteiger partial charge in [0, 0.05) is 23.6 Å². The van der Waals surface area contributed by atoms with Crippen molar-refractivity contribution < 1.29 is 14.3 Å². The highest BCUT2D eigenvalue weighted by Gasteiger charge is 2.38. The molecule has 2 aliphatic heterocycles. The molecular formula is C21H31NO3. The molecule has 25 heavy (non-hydrogen) atoms. The molecule has 138 valence electrons. The summed E-state index contributed by atoms with van der Waals surface area (Å²) in [6.07, 6.45) is 2.49. The van der Waals surface area contributed by atoms with Gasteiger partial charge in [-0.3, -0.25) is 4.90 Å². The third kappa shape index (κ3) is 4.00. The average molecular weight is 345 g/mol. The van der Waals surface area contributed by atoms with E-state index >= 15 is 0 Å². The van der Waals surface area contributed by atoms with E-state index in [-0.39, 0.29) is 17.5 Å². The largest absolute Gasteiger partial charge is 0.489 e. The SMILES string of the molecule is CC(C)CC(C)N1CCC(C)(C)C(Oc2ccc3c(c2)COC3=O)C1.